The Hall–Kier alpha value is -0.250. The number of halogens is 1. The first-order valence-corrected chi connectivity index (χ1v) is 6.09. The Morgan fingerprint density at radius 3 is 2.93 bits per heavy atom. The molecule has 1 aliphatic rings. The summed E-state index contributed by atoms with van der Waals surface area (Å²) in [5.41, 5.74) is 0. The SMILES string of the molecule is Clc1cc(SC2CCNCC2)ccn1. The highest BCUT2D eigenvalue weighted by molar-refractivity contribution is 8.00. The van der Waals surface area contributed by atoms with Gasteiger partial charge < -0.3 is 5.32 Å². The van der Waals surface area contributed by atoms with Gasteiger partial charge in [0.1, 0.15) is 5.15 Å². The monoisotopic (exact) mass is 228 g/mol. The van der Waals surface area contributed by atoms with Crippen molar-refractivity contribution in [2.75, 3.05) is 13.1 Å². The van der Waals surface area contributed by atoms with Gasteiger partial charge in [0.2, 0.25) is 0 Å². The normalized spacial score (nSPS) is 18.4. The number of nitrogens with one attached hydrogen (secondary N) is 1. The third-order valence-electron chi connectivity index (χ3n) is 2.29. The van der Waals surface area contributed by atoms with Crippen LogP contribution in [0.5, 0.6) is 0 Å². The quantitative estimate of drug-likeness (QED) is 0.788. The Morgan fingerprint density at radius 2 is 2.21 bits per heavy atom. The van der Waals surface area contributed by atoms with Crippen molar-refractivity contribution in [3.63, 3.8) is 0 Å². The van der Waals surface area contributed by atoms with Crippen LogP contribution in [0.3, 0.4) is 0 Å². The number of pyridine rings is 1. The summed E-state index contributed by atoms with van der Waals surface area (Å²) in [5, 5.41) is 4.68. The molecule has 0 atom stereocenters. The molecule has 14 heavy (non-hydrogen) atoms. The van der Waals surface area contributed by atoms with Crippen LogP contribution in [-0.2, 0) is 0 Å². The van der Waals surface area contributed by atoms with E-state index in [4.69, 9.17) is 11.6 Å². The average molecular weight is 229 g/mol. The van der Waals surface area contributed by atoms with E-state index in [0.717, 1.165) is 18.3 Å². The van der Waals surface area contributed by atoms with Gasteiger partial charge in [-0.15, -0.1) is 11.8 Å². The molecule has 1 aliphatic heterocycles. The zero-order valence-corrected chi connectivity index (χ0v) is 9.44. The Bertz CT molecular complexity index is 300. The van der Waals surface area contributed by atoms with E-state index in [0.29, 0.717) is 5.15 Å². The second kappa shape index (κ2) is 5.01. The molecule has 0 radical (unpaired) electrons. The number of thioether (sulfide) groups is 1. The highest BCUT2D eigenvalue weighted by atomic mass is 35.5. The van der Waals surface area contributed by atoms with E-state index < -0.39 is 0 Å². The van der Waals surface area contributed by atoms with Gasteiger partial charge in [0, 0.05) is 16.3 Å². The van der Waals surface area contributed by atoms with Gasteiger partial charge in [0.15, 0.2) is 0 Å². The van der Waals surface area contributed by atoms with E-state index >= 15 is 0 Å². The molecule has 0 amide bonds. The molecule has 0 unspecified atom stereocenters. The van der Waals surface area contributed by atoms with Crippen LogP contribution in [0, 0.1) is 0 Å². The predicted molar refractivity (Wildman–Crippen MR) is 61.0 cm³/mol. The molecule has 1 N–H and O–H groups in total. The Labute approximate surface area is 93.4 Å². The molecule has 1 fully saturated rings. The summed E-state index contributed by atoms with van der Waals surface area (Å²) in [6.07, 6.45) is 4.25. The van der Waals surface area contributed by atoms with E-state index in [2.05, 4.69) is 10.3 Å². The molecule has 0 aromatic carbocycles. The van der Waals surface area contributed by atoms with Crippen LogP contribution in [-0.4, -0.2) is 23.3 Å². The summed E-state index contributed by atoms with van der Waals surface area (Å²) >= 11 is 7.74. The van der Waals surface area contributed by atoms with Crippen LogP contribution < -0.4 is 5.32 Å². The Balaban J connectivity index is 1.95. The number of nitrogens with zero attached hydrogens (tertiary/aromatic N) is 1. The summed E-state index contributed by atoms with van der Waals surface area (Å²) in [6, 6.07) is 3.97. The van der Waals surface area contributed by atoms with Gasteiger partial charge >= 0.3 is 0 Å². The largest absolute Gasteiger partial charge is 0.317 e. The summed E-state index contributed by atoms with van der Waals surface area (Å²) < 4.78 is 0. The lowest BCUT2D eigenvalue weighted by Gasteiger charge is -2.21. The third-order valence-corrected chi connectivity index (χ3v) is 3.82. The number of rotatable bonds is 2. The second-order valence-electron chi connectivity index (χ2n) is 3.38. The molecule has 0 bridgehead atoms. The van der Waals surface area contributed by atoms with Gasteiger partial charge in [-0.3, -0.25) is 0 Å². The molecule has 1 aromatic rings. The topological polar surface area (TPSA) is 24.9 Å². The molecule has 0 saturated carbocycles. The van der Waals surface area contributed by atoms with E-state index in [9.17, 15) is 0 Å². The van der Waals surface area contributed by atoms with Crippen molar-refractivity contribution < 1.29 is 0 Å². The van der Waals surface area contributed by atoms with Gasteiger partial charge in [-0.05, 0) is 38.1 Å². The van der Waals surface area contributed by atoms with Crippen LogP contribution in [0.2, 0.25) is 5.15 Å². The van der Waals surface area contributed by atoms with Crippen molar-refractivity contribution in [2.24, 2.45) is 0 Å². The zero-order valence-electron chi connectivity index (χ0n) is 7.87. The number of hydrogen-bond acceptors (Lipinski definition) is 3. The summed E-state index contributed by atoms with van der Waals surface area (Å²) in [7, 11) is 0. The minimum absolute atomic E-state index is 0.587. The molecule has 4 heteroatoms. The number of aromatic nitrogens is 1. The molecule has 2 rings (SSSR count). The molecule has 1 aromatic heterocycles. The second-order valence-corrected chi connectivity index (χ2v) is 5.14. The molecule has 2 nitrogen and oxygen atoms in total. The summed E-state index contributed by atoms with van der Waals surface area (Å²) in [6.45, 7) is 2.27. The summed E-state index contributed by atoms with van der Waals surface area (Å²) in [4.78, 5) is 5.21. The number of piperidine rings is 1. The highest BCUT2D eigenvalue weighted by Gasteiger charge is 2.13. The van der Waals surface area contributed by atoms with Crippen molar-refractivity contribution in [3.05, 3.63) is 23.5 Å². The lowest BCUT2D eigenvalue weighted by molar-refractivity contribution is 0.531. The van der Waals surface area contributed by atoms with Gasteiger partial charge in [-0.2, -0.15) is 0 Å². The lowest BCUT2D eigenvalue weighted by Crippen LogP contribution is -2.29. The lowest BCUT2D eigenvalue weighted by atomic mass is 10.2. The molecular formula is C10H13ClN2S. The molecule has 2 heterocycles. The van der Waals surface area contributed by atoms with E-state index in [-0.39, 0.29) is 0 Å². The first-order chi connectivity index (χ1) is 6.84. The van der Waals surface area contributed by atoms with Crippen LogP contribution in [0.25, 0.3) is 0 Å². The van der Waals surface area contributed by atoms with Gasteiger partial charge in [0.05, 0.1) is 0 Å². The zero-order chi connectivity index (χ0) is 9.80. The van der Waals surface area contributed by atoms with Crippen molar-refractivity contribution in [2.45, 2.75) is 23.0 Å². The van der Waals surface area contributed by atoms with Crippen molar-refractivity contribution in [3.8, 4) is 0 Å². The third kappa shape index (κ3) is 2.87. The minimum atomic E-state index is 0.587. The van der Waals surface area contributed by atoms with Gasteiger partial charge in [-0.1, -0.05) is 11.6 Å². The van der Waals surface area contributed by atoms with Crippen LogP contribution >= 0.6 is 23.4 Å². The van der Waals surface area contributed by atoms with Crippen molar-refractivity contribution >= 4 is 23.4 Å². The van der Waals surface area contributed by atoms with E-state index in [1.165, 1.54) is 17.7 Å². The van der Waals surface area contributed by atoms with Crippen molar-refractivity contribution in [1.29, 1.82) is 0 Å². The smallest absolute Gasteiger partial charge is 0.130 e. The van der Waals surface area contributed by atoms with Gasteiger partial charge in [0.25, 0.3) is 0 Å². The Kier molecular flexibility index (Phi) is 3.67. The fourth-order valence-electron chi connectivity index (χ4n) is 1.56. The average Bonchev–Trinajstić information content (AvgIpc) is 2.19. The predicted octanol–water partition coefficient (Wildman–Crippen LogP) is 2.58. The molecular weight excluding hydrogens is 216 g/mol. The van der Waals surface area contributed by atoms with Crippen LogP contribution in [0.15, 0.2) is 23.2 Å². The minimum Gasteiger partial charge on any atom is -0.317 e. The number of hydrogen-bond donors (Lipinski definition) is 1. The van der Waals surface area contributed by atoms with Crippen LogP contribution in [0.1, 0.15) is 12.8 Å². The Morgan fingerprint density at radius 1 is 1.43 bits per heavy atom. The molecule has 76 valence electrons. The maximum atomic E-state index is 5.83. The first kappa shape index (κ1) is 10.3. The summed E-state index contributed by atoms with van der Waals surface area (Å²) in [5.74, 6) is 0. The fourth-order valence-corrected chi connectivity index (χ4v) is 2.98. The van der Waals surface area contributed by atoms with E-state index in [1.54, 1.807) is 6.20 Å². The van der Waals surface area contributed by atoms with Crippen LogP contribution in [0.4, 0.5) is 0 Å². The maximum Gasteiger partial charge on any atom is 0.130 e. The molecule has 0 aliphatic carbocycles. The maximum absolute atomic E-state index is 5.83. The van der Waals surface area contributed by atoms with Crippen molar-refractivity contribution in [1.82, 2.24) is 10.3 Å². The molecule has 0 spiro atoms. The highest BCUT2D eigenvalue weighted by Crippen LogP contribution is 2.29. The first-order valence-electron chi connectivity index (χ1n) is 4.83. The van der Waals surface area contributed by atoms with E-state index in [1.807, 2.05) is 23.9 Å². The fraction of sp³-hybridized carbons (Fsp3) is 0.500. The standard InChI is InChI=1S/C10H13ClN2S/c11-10-7-9(3-6-13-10)14-8-1-4-12-5-2-8/h3,6-8,12H,1-2,4-5H2. The van der Waals surface area contributed by atoms with Gasteiger partial charge in [-0.25, -0.2) is 4.98 Å². The molecule has 1 saturated heterocycles.